The lowest BCUT2D eigenvalue weighted by atomic mass is 10.1. The van der Waals surface area contributed by atoms with Crippen LogP contribution in [-0.2, 0) is 20.5 Å². The average Bonchev–Trinajstić information content (AvgIpc) is 3.28. The zero-order valence-electron chi connectivity index (χ0n) is 25.0. The molecular weight excluding hydrogens is 532 g/mol. The Bertz CT molecular complexity index is 1210. The number of hydrogen-bond donors (Lipinski definition) is 2. The molecular formula is C33H44N2O5Si. The van der Waals surface area contributed by atoms with Crippen LogP contribution in [-0.4, -0.2) is 55.2 Å². The minimum Gasteiger partial charge on any atom is -0.444 e. The minimum atomic E-state index is -2.89. The number of hydrogen-bond acceptors (Lipinski definition) is 6. The van der Waals surface area contributed by atoms with Crippen molar-refractivity contribution in [1.82, 2.24) is 10.4 Å². The van der Waals surface area contributed by atoms with E-state index in [4.69, 9.17) is 14.0 Å². The number of hydroxylamine groups is 2. The number of amides is 1. The maximum Gasteiger partial charge on any atom is 0.408 e. The summed E-state index contributed by atoms with van der Waals surface area (Å²) in [5.74, 6) is 0. The first-order chi connectivity index (χ1) is 19.4. The SMILES string of the molecule is CC(C)(C)OC(=O)N[C@@H](CO[Si](c1ccccc1)(c1ccccc1)C(C)(C)C)[C@H]1CC(O)ON1Cc1ccccc1. The fraction of sp³-hybridized carbons (Fsp3) is 0.424. The Labute approximate surface area is 245 Å². The molecule has 41 heavy (non-hydrogen) atoms. The van der Waals surface area contributed by atoms with E-state index in [9.17, 15) is 9.90 Å². The third-order valence-corrected chi connectivity index (χ3v) is 12.3. The van der Waals surface area contributed by atoms with E-state index in [2.05, 4.69) is 50.4 Å². The van der Waals surface area contributed by atoms with Crippen LogP contribution >= 0.6 is 0 Å². The molecule has 0 bridgehead atoms. The van der Waals surface area contributed by atoms with E-state index in [-0.39, 0.29) is 17.7 Å². The molecule has 0 aromatic heterocycles. The Morgan fingerprint density at radius 3 is 1.93 bits per heavy atom. The highest BCUT2D eigenvalue weighted by Crippen LogP contribution is 2.37. The highest BCUT2D eigenvalue weighted by molar-refractivity contribution is 6.99. The summed E-state index contributed by atoms with van der Waals surface area (Å²) in [5, 5.41) is 17.5. The summed E-state index contributed by atoms with van der Waals surface area (Å²) in [6.45, 7) is 12.8. The molecule has 0 aliphatic carbocycles. The molecule has 7 nitrogen and oxygen atoms in total. The van der Waals surface area contributed by atoms with E-state index in [1.807, 2.05) is 87.5 Å². The van der Waals surface area contributed by atoms with Gasteiger partial charge in [0.1, 0.15) is 5.60 Å². The molecule has 1 unspecified atom stereocenters. The summed E-state index contributed by atoms with van der Waals surface area (Å²) in [6, 6.07) is 29.9. The van der Waals surface area contributed by atoms with Gasteiger partial charge < -0.3 is 19.6 Å². The summed E-state index contributed by atoms with van der Waals surface area (Å²) < 4.78 is 12.9. The summed E-state index contributed by atoms with van der Waals surface area (Å²) in [5.41, 5.74) is 0.374. The first kappa shape index (κ1) is 30.9. The number of alkyl carbamates (subject to hydrolysis) is 1. The van der Waals surface area contributed by atoms with Crippen LogP contribution in [0.5, 0.6) is 0 Å². The van der Waals surface area contributed by atoms with Crippen molar-refractivity contribution in [2.24, 2.45) is 0 Å². The molecule has 0 saturated carbocycles. The van der Waals surface area contributed by atoms with Crippen LogP contribution < -0.4 is 15.7 Å². The van der Waals surface area contributed by atoms with E-state index < -0.39 is 32.3 Å². The molecule has 220 valence electrons. The van der Waals surface area contributed by atoms with Gasteiger partial charge in [-0.2, -0.15) is 5.06 Å². The molecule has 2 N–H and O–H groups in total. The number of benzene rings is 3. The van der Waals surface area contributed by atoms with Gasteiger partial charge in [-0.15, -0.1) is 0 Å². The van der Waals surface area contributed by atoms with Crippen molar-refractivity contribution >= 4 is 24.8 Å². The van der Waals surface area contributed by atoms with Gasteiger partial charge in [-0.1, -0.05) is 112 Å². The Hall–Kier alpha value is -3.01. The smallest absolute Gasteiger partial charge is 0.408 e. The molecule has 1 saturated heterocycles. The van der Waals surface area contributed by atoms with Crippen molar-refractivity contribution in [2.75, 3.05) is 6.61 Å². The number of carbonyl (C=O) groups is 1. The van der Waals surface area contributed by atoms with Gasteiger partial charge in [0.2, 0.25) is 0 Å². The number of rotatable bonds is 9. The summed E-state index contributed by atoms with van der Waals surface area (Å²) in [4.78, 5) is 19.0. The maximum atomic E-state index is 13.1. The van der Waals surface area contributed by atoms with Gasteiger partial charge in [0.05, 0.1) is 18.7 Å². The van der Waals surface area contributed by atoms with Crippen molar-refractivity contribution < 1.29 is 23.9 Å². The zero-order valence-corrected chi connectivity index (χ0v) is 26.0. The van der Waals surface area contributed by atoms with Gasteiger partial charge in [0, 0.05) is 13.0 Å². The largest absolute Gasteiger partial charge is 0.444 e. The van der Waals surface area contributed by atoms with Crippen molar-refractivity contribution in [2.45, 2.75) is 83.5 Å². The zero-order chi connectivity index (χ0) is 29.7. The Morgan fingerprint density at radius 1 is 0.927 bits per heavy atom. The van der Waals surface area contributed by atoms with E-state index in [1.165, 1.54) is 0 Å². The number of carbonyl (C=O) groups excluding carboxylic acids is 1. The van der Waals surface area contributed by atoms with Crippen molar-refractivity contribution in [3.05, 3.63) is 96.6 Å². The van der Waals surface area contributed by atoms with Crippen LogP contribution in [0.1, 0.15) is 53.5 Å². The fourth-order valence-electron chi connectivity index (χ4n) is 5.57. The van der Waals surface area contributed by atoms with Crippen molar-refractivity contribution in [1.29, 1.82) is 0 Å². The lowest BCUT2D eigenvalue weighted by molar-refractivity contribution is -0.229. The summed E-state index contributed by atoms with van der Waals surface area (Å²) in [6.07, 6.45) is -1.20. The summed E-state index contributed by atoms with van der Waals surface area (Å²) in [7, 11) is -2.89. The predicted molar refractivity (Wildman–Crippen MR) is 164 cm³/mol. The summed E-state index contributed by atoms with van der Waals surface area (Å²) >= 11 is 0. The number of nitrogens with one attached hydrogen (secondary N) is 1. The Morgan fingerprint density at radius 2 is 1.44 bits per heavy atom. The van der Waals surface area contributed by atoms with E-state index in [0.717, 1.165) is 15.9 Å². The molecule has 3 aromatic carbocycles. The van der Waals surface area contributed by atoms with Crippen LogP contribution in [0.2, 0.25) is 5.04 Å². The highest BCUT2D eigenvalue weighted by Gasteiger charge is 2.51. The highest BCUT2D eigenvalue weighted by atomic mass is 28.4. The van der Waals surface area contributed by atoms with Gasteiger partial charge in [-0.05, 0) is 41.7 Å². The van der Waals surface area contributed by atoms with E-state index in [0.29, 0.717) is 13.0 Å². The second-order valence-corrected chi connectivity index (χ2v) is 17.0. The van der Waals surface area contributed by atoms with Gasteiger partial charge >= 0.3 is 6.09 Å². The van der Waals surface area contributed by atoms with Crippen molar-refractivity contribution in [3.8, 4) is 0 Å². The second-order valence-electron chi connectivity index (χ2n) is 12.7. The molecule has 1 heterocycles. The van der Waals surface area contributed by atoms with Crippen LogP contribution in [0.25, 0.3) is 0 Å². The van der Waals surface area contributed by atoms with Crippen LogP contribution in [0.3, 0.4) is 0 Å². The molecule has 1 amide bonds. The lowest BCUT2D eigenvalue weighted by Gasteiger charge is -2.44. The third kappa shape index (κ3) is 7.64. The Balaban J connectivity index is 1.72. The molecule has 8 heteroatoms. The van der Waals surface area contributed by atoms with Gasteiger partial charge in [-0.3, -0.25) is 4.84 Å². The molecule has 3 atom stereocenters. The van der Waals surface area contributed by atoms with Crippen LogP contribution in [0, 0.1) is 0 Å². The number of aliphatic hydroxyl groups is 1. The van der Waals surface area contributed by atoms with Gasteiger partial charge in [0.25, 0.3) is 8.32 Å². The monoisotopic (exact) mass is 576 g/mol. The maximum absolute atomic E-state index is 13.1. The second kappa shape index (κ2) is 12.9. The predicted octanol–water partition coefficient (Wildman–Crippen LogP) is 4.98. The molecule has 1 fully saturated rings. The number of nitrogens with zero attached hydrogens (tertiary/aromatic N) is 1. The quantitative estimate of drug-likeness (QED) is 0.350. The lowest BCUT2D eigenvalue weighted by Crippen LogP contribution is -2.68. The molecule has 0 spiro atoms. The normalized spacial score (nSPS) is 19.1. The minimum absolute atomic E-state index is 0.207. The standard InChI is InChI=1S/C33H44N2O5Si/c1-32(2,3)39-31(37)34-28(29-22-30(36)40-35(29)23-25-16-10-7-11-17-25)24-38-41(33(4,5)6,26-18-12-8-13-19-26)27-20-14-9-15-21-27/h7-21,28-30,36H,22-24H2,1-6H3,(H,34,37)/t28-,29+,30?/m0/s1. The fourth-order valence-corrected chi connectivity index (χ4v) is 10.2. The first-order valence-corrected chi connectivity index (χ1v) is 16.2. The molecule has 4 rings (SSSR count). The first-order valence-electron chi connectivity index (χ1n) is 14.3. The van der Waals surface area contributed by atoms with Crippen LogP contribution in [0.15, 0.2) is 91.0 Å². The van der Waals surface area contributed by atoms with Gasteiger partial charge in [0.15, 0.2) is 6.29 Å². The molecule has 1 aliphatic heterocycles. The average molecular weight is 577 g/mol. The number of ether oxygens (including phenoxy) is 1. The Kier molecular flexibility index (Phi) is 9.72. The molecule has 0 radical (unpaired) electrons. The van der Waals surface area contributed by atoms with E-state index in [1.54, 1.807) is 5.06 Å². The topological polar surface area (TPSA) is 80.3 Å². The van der Waals surface area contributed by atoms with E-state index >= 15 is 0 Å². The third-order valence-electron chi connectivity index (χ3n) is 7.31. The molecule has 1 aliphatic rings. The number of aliphatic hydroxyl groups excluding tert-OH is 1. The van der Waals surface area contributed by atoms with Gasteiger partial charge in [-0.25, -0.2) is 4.79 Å². The molecule has 3 aromatic rings. The van der Waals surface area contributed by atoms with Crippen molar-refractivity contribution in [3.63, 3.8) is 0 Å². The van der Waals surface area contributed by atoms with Crippen LogP contribution in [0.4, 0.5) is 4.79 Å².